The summed E-state index contributed by atoms with van der Waals surface area (Å²) in [6, 6.07) is 12.1. The average Bonchev–Trinajstić information content (AvgIpc) is 3.02. The number of ether oxygens (including phenoxy) is 2. The first-order valence-electron chi connectivity index (χ1n) is 15.2. The van der Waals surface area contributed by atoms with Crippen LogP contribution in [0.2, 0.25) is 0 Å². The molecule has 45 heavy (non-hydrogen) atoms. The lowest BCUT2D eigenvalue weighted by atomic mass is 9.71. The molecule has 3 rings (SSSR count). The van der Waals surface area contributed by atoms with E-state index in [4.69, 9.17) is 9.47 Å². The third-order valence-electron chi connectivity index (χ3n) is 8.25. The van der Waals surface area contributed by atoms with E-state index < -0.39 is 45.8 Å². The number of aryl methyl sites for hydroxylation is 1. The SMILES string of the molecule is COCC(CCCF)(c1ccc(F)cc1)[C@H](NC(=O)OC)C(=O)Nc1ccccc1CC[C@H]1CNC(CCCS(C)(=O)=O)CN1. The van der Waals surface area contributed by atoms with Gasteiger partial charge in [0.15, 0.2) is 0 Å². The van der Waals surface area contributed by atoms with Crippen molar-refractivity contribution in [3.63, 3.8) is 0 Å². The first-order chi connectivity index (χ1) is 21.5. The molecule has 2 aromatic carbocycles. The zero-order valence-electron chi connectivity index (χ0n) is 26.2. The number of nitrogens with one attached hydrogen (secondary N) is 4. The van der Waals surface area contributed by atoms with Gasteiger partial charge in [-0.25, -0.2) is 17.6 Å². The minimum atomic E-state index is -2.97. The van der Waals surface area contributed by atoms with Crippen LogP contribution in [-0.4, -0.2) is 91.1 Å². The molecule has 250 valence electrons. The van der Waals surface area contributed by atoms with Crippen LogP contribution < -0.4 is 21.3 Å². The van der Waals surface area contributed by atoms with E-state index in [1.165, 1.54) is 44.7 Å². The van der Waals surface area contributed by atoms with Crippen molar-refractivity contribution in [3.05, 3.63) is 65.5 Å². The van der Waals surface area contributed by atoms with Gasteiger partial charge in [0.05, 0.1) is 20.4 Å². The molecule has 1 heterocycles. The molecule has 0 aliphatic carbocycles. The van der Waals surface area contributed by atoms with Crippen LogP contribution in [-0.2, 0) is 35.9 Å². The Morgan fingerprint density at radius 2 is 1.69 bits per heavy atom. The normalized spacial score (nSPS) is 18.9. The van der Waals surface area contributed by atoms with Gasteiger partial charge in [-0.3, -0.25) is 9.18 Å². The maximum absolute atomic E-state index is 14.1. The fraction of sp³-hybridized carbons (Fsp3) is 0.562. The van der Waals surface area contributed by atoms with E-state index in [-0.39, 0.29) is 37.3 Å². The van der Waals surface area contributed by atoms with Crippen LogP contribution in [0.25, 0.3) is 0 Å². The molecular formula is C32H46F2N4O6S. The van der Waals surface area contributed by atoms with Crippen molar-refractivity contribution in [3.8, 4) is 0 Å². The Labute approximate surface area is 264 Å². The number of para-hydroxylation sites is 1. The van der Waals surface area contributed by atoms with Crippen molar-refractivity contribution in [2.45, 2.75) is 62.1 Å². The Kier molecular flexibility index (Phi) is 14.2. The fourth-order valence-corrected chi connectivity index (χ4v) is 6.60. The standard InChI is InChI=1S/C32H46F2N4O6S/c1-43-22-32(17-7-18-33,24-12-14-25(34)15-13-24)29(38-31(40)44-2)30(39)37-28-10-5-4-8-23(28)11-16-27-21-35-26(20-36-27)9-6-19-45(3,41)42/h4-5,8,10,12-15,26-27,29,35-36H,6-7,9,11,16-22H2,1-3H3,(H,37,39)(H,38,40)/t26?,27-,29+,32?/m0/s1. The maximum Gasteiger partial charge on any atom is 0.407 e. The van der Waals surface area contributed by atoms with Crippen molar-refractivity contribution in [1.82, 2.24) is 16.0 Å². The summed E-state index contributed by atoms with van der Waals surface area (Å²) in [5.41, 5.74) is 0.728. The summed E-state index contributed by atoms with van der Waals surface area (Å²) in [7, 11) is -0.342. The van der Waals surface area contributed by atoms with E-state index in [0.29, 0.717) is 24.1 Å². The molecular weight excluding hydrogens is 606 g/mol. The largest absolute Gasteiger partial charge is 0.453 e. The zero-order valence-corrected chi connectivity index (χ0v) is 27.1. The Morgan fingerprint density at radius 3 is 2.29 bits per heavy atom. The number of carbonyl (C=O) groups excluding carboxylic acids is 2. The summed E-state index contributed by atoms with van der Waals surface area (Å²) in [4.78, 5) is 26.6. The number of hydrogen-bond acceptors (Lipinski definition) is 8. The second-order valence-electron chi connectivity index (χ2n) is 11.6. The molecule has 1 saturated heterocycles. The van der Waals surface area contributed by atoms with Gasteiger partial charge in [-0.15, -0.1) is 0 Å². The second-order valence-corrected chi connectivity index (χ2v) is 13.9. The van der Waals surface area contributed by atoms with E-state index in [0.717, 1.165) is 31.5 Å². The Hall–Kier alpha value is -3.13. The molecule has 4 atom stereocenters. The first kappa shape index (κ1) is 36.3. The number of amides is 2. The highest BCUT2D eigenvalue weighted by molar-refractivity contribution is 7.90. The molecule has 0 aromatic heterocycles. The molecule has 2 unspecified atom stereocenters. The van der Waals surface area contributed by atoms with Gasteiger partial charge in [0, 0.05) is 55.4 Å². The van der Waals surface area contributed by atoms with E-state index in [9.17, 15) is 26.8 Å². The average molecular weight is 653 g/mol. The number of anilines is 1. The molecule has 10 nitrogen and oxygen atoms in total. The molecule has 1 aliphatic rings. The van der Waals surface area contributed by atoms with E-state index in [1.807, 2.05) is 12.1 Å². The van der Waals surface area contributed by atoms with Crippen LogP contribution >= 0.6 is 0 Å². The van der Waals surface area contributed by atoms with Crippen LogP contribution in [0.5, 0.6) is 0 Å². The summed E-state index contributed by atoms with van der Waals surface area (Å²) >= 11 is 0. The fourth-order valence-electron chi connectivity index (χ4n) is 5.90. The molecule has 1 fully saturated rings. The van der Waals surface area contributed by atoms with Crippen molar-refractivity contribution >= 4 is 27.5 Å². The highest BCUT2D eigenvalue weighted by Gasteiger charge is 2.46. The van der Waals surface area contributed by atoms with Crippen LogP contribution in [0.1, 0.15) is 43.2 Å². The number of carbonyl (C=O) groups is 2. The minimum absolute atomic E-state index is 0.0576. The number of alkyl halides is 1. The zero-order chi connectivity index (χ0) is 32.9. The number of halogens is 2. The molecule has 4 N–H and O–H groups in total. The molecule has 1 aliphatic heterocycles. The Bertz CT molecular complexity index is 1340. The Morgan fingerprint density at radius 1 is 1.02 bits per heavy atom. The van der Waals surface area contributed by atoms with Crippen LogP contribution in [0.3, 0.4) is 0 Å². The van der Waals surface area contributed by atoms with Gasteiger partial charge in [-0.1, -0.05) is 30.3 Å². The van der Waals surface area contributed by atoms with Gasteiger partial charge >= 0.3 is 6.09 Å². The van der Waals surface area contributed by atoms with Gasteiger partial charge < -0.3 is 30.7 Å². The molecule has 0 saturated carbocycles. The number of benzene rings is 2. The molecule has 0 radical (unpaired) electrons. The Balaban J connectivity index is 1.77. The lowest BCUT2D eigenvalue weighted by molar-refractivity contribution is -0.120. The molecule has 2 aromatic rings. The highest BCUT2D eigenvalue weighted by atomic mass is 32.2. The monoisotopic (exact) mass is 652 g/mol. The van der Waals surface area contributed by atoms with Gasteiger partial charge in [0.25, 0.3) is 0 Å². The van der Waals surface area contributed by atoms with Gasteiger partial charge in [-0.05, 0) is 67.9 Å². The second kappa shape index (κ2) is 17.5. The summed E-state index contributed by atoms with van der Waals surface area (Å²) in [6.45, 7) is 0.748. The third-order valence-corrected chi connectivity index (χ3v) is 9.28. The van der Waals surface area contributed by atoms with Gasteiger partial charge in [0.2, 0.25) is 5.91 Å². The summed E-state index contributed by atoms with van der Waals surface area (Å²) in [5.74, 6) is -0.849. The molecule has 0 spiro atoms. The smallest absolute Gasteiger partial charge is 0.407 e. The van der Waals surface area contributed by atoms with Crippen molar-refractivity contribution in [2.75, 3.05) is 57.9 Å². The lowest BCUT2D eigenvalue weighted by Gasteiger charge is -2.40. The predicted octanol–water partition coefficient (Wildman–Crippen LogP) is 3.51. The third kappa shape index (κ3) is 11.0. The van der Waals surface area contributed by atoms with Gasteiger partial charge in [-0.2, -0.15) is 0 Å². The number of alkyl carbamates (subject to hydrolysis) is 1. The van der Waals surface area contributed by atoms with E-state index in [1.54, 1.807) is 12.1 Å². The quantitative estimate of drug-likeness (QED) is 0.204. The predicted molar refractivity (Wildman–Crippen MR) is 170 cm³/mol. The van der Waals surface area contributed by atoms with Gasteiger partial charge in [0.1, 0.15) is 21.7 Å². The topological polar surface area (TPSA) is 135 Å². The van der Waals surface area contributed by atoms with E-state index >= 15 is 0 Å². The molecule has 0 bridgehead atoms. The minimum Gasteiger partial charge on any atom is -0.453 e. The van der Waals surface area contributed by atoms with Crippen molar-refractivity contribution in [2.24, 2.45) is 0 Å². The van der Waals surface area contributed by atoms with Crippen molar-refractivity contribution in [1.29, 1.82) is 0 Å². The highest BCUT2D eigenvalue weighted by Crippen LogP contribution is 2.35. The summed E-state index contributed by atoms with van der Waals surface area (Å²) in [6.07, 6.45) is 3.41. The number of hydrogen-bond donors (Lipinski definition) is 4. The molecule has 2 amide bonds. The van der Waals surface area contributed by atoms with Crippen LogP contribution in [0.15, 0.2) is 48.5 Å². The van der Waals surface area contributed by atoms with E-state index in [2.05, 4.69) is 21.3 Å². The number of sulfone groups is 1. The van der Waals surface area contributed by atoms with Crippen LogP contribution in [0.4, 0.5) is 19.3 Å². The lowest BCUT2D eigenvalue weighted by Crippen LogP contribution is -2.59. The molecule has 13 heteroatoms. The summed E-state index contributed by atoms with van der Waals surface area (Å²) < 4.78 is 60.6. The van der Waals surface area contributed by atoms with Crippen LogP contribution in [0, 0.1) is 5.82 Å². The number of rotatable bonds is 17. The first-order valence-corrected chi connectivity index (χ1v) is 17.3. The maximum atomic E-state index is 14.1. The summed E-state index contributed by atoms with van der Waals surface area (Å²) in [5, 5.41) is 12.7. The van der Waals surface area contributed by atoms with Crippen molar-refractivity contribution < 1.29 is 36.3 Å². The number of piperazine rings is 1. The number of methoxy groups -OCH3 is 2.